The lowest BCUT2D eigenvalue weighted by atomic mass is 10.0. The van der Waals surface area contributed by atoms with Crippen LogP contribution in [0.1, 0.15) is 17.3 Å². The molecular formula is C18H18N2O. The van der Waals surface area contributed by atoms with Gasteiger partial charge >= 0.3 is 0 Å². The maximum absolute atomic E-state index is 12.3. The average Bonchev–Trinajstić information content (AvgIpc) is 3.00. The molecule has 0 bridgehead atoms. The smallest absolute Gasteiger partial charge is 0.183 e. The molecule has 1 aromatic heterocycles. The molecule has 1 heterocycles. The first kappa shape index (κ1) is 14.7. The normalized spacial score (nSPS) is 9.76. The van der Waals surface area contributed by atoms with Gasteiger partial charge in [0.2, 0.25) is 0 Å². The van der Waals surface area contributed by atoms with Gasteiger partial charge < -0.3 is 4.57 Å². The summed E-state index contributed by atoms with van der Waals surface area (Å²) >= 11 is 0. The zero-order chi connectivity index (χ0) is 15.1. The number of ketones is 1. The third-order valence-electron chi connectivity index (χ3n) is 2.98. The number of benzene rings is 2. The molecule has 0 unspecified atom stereocenters. The van der Waals surface area contributed by atoms with Crippen molar-refractivity contribution < 1.29 is 4.79 Å². The third kappa shape index (κ3) is 3.66. The fourth-order valence-corrected chi connectivity index (χ4v) is 2.10. The quantitative estimate of drug-likeness (QED) is 0.534. The summed E-state index contributed by atoms with van der Waals surface area (Å²) in [5.41, 5.74) is 0.766. The Balaban J connectivity index is 0.000000497. The third-order valence-corrected chi connectivity index (χ3v) is 2.98. The largest absolute Gasteiger partial charge is 0.330 e. The van der Waals surface area contributed by atoms with Crippen LogP contribution in [0.15, 0.2) is 73.8 Å². The minimum Gasteiger partial charge on any atom is -0.330 e. The van der Waals surface area contributed by atoms with E-state index in [1.165, 1.54) is 0 Å². The van der Waals surface area contributed by atoms with Crippen molar-refractivity contribution in [3.63, 3.8) is 0 Å². The molecule has 2 aromatic carbocycles. The molecule has 0 aliphatic heterocycles. The minimum absolute atomic E-state index is 0.102. The maximum atomic E-state index is 12.3. The Bertz CT molecular complexity index is 725. The molecule has 3 heteroatoms. The van der Waals surface area contributed by atoms with Crippen molar-refractivity contribution in [3.8, 4) is 0 Å². The summed E-state index contributed by atoms with van der Waals surface area (Å²) in [6.07, 6.45) is 6.88. The lowest BCUT2D eigenvalue weighted by molar-refractivity contribution is 0.0973. The number of hydrogen-bond acceptors (Lipinski definition) is 2. The highest BCUT2D eigenvalue weighted by Crippen LogP contribution is 2.19. The van der Waals surface area contributed by atoms with Crippen molar-refractivity contribution >= 4 is 16.6 Å². The number of rotatable bonds is 3. The Hall–Kier alpha value is -2.68. The molecule has 0 spiro atoms. The Morgan fingerprint density at radius 2 is 1.95 bits per heavy atom. The molecule has 0 radical (unpaired) electrons. The number of fused-ring (bicyclic) bond motifs is 1. The number of aromatic nitrogens is 2. The van der Waals surface area contributed by atoms with E-state index in [1.807, 2.05) is 49.4 Å². The predicted molar refractivity (Wildman–Crippen MR) is 86.4 cm³/mol. The molecule has 3 aromatic rings. The van der Waals surface area contributed by atoms with Gasteiger partial charge in [0.25, 0.3) is 0 Å². The number of nitrogens with zero attached hydrogens (tertiary/aromatic N) is 2. The van der Waals surface area contributed by atoms with Crippen LogP contribution in [0.5, 0.6) is 0 Å². The summed E-state index contributed by atoms with van der Waals surface area (Å²) in [4.78, 5) is 16.2. The van der Waals surface area contributed by atoms with Crippen LogP contribution in [0.25, 0.3) is 10.8 Å². The van der Waals surface area contributed by atoms with Crippen LogP contribution in [0, 0.1) is 0 Å². The van der Waals surface area contributed by atoms with Gasteiger partial charge in [-0.1, -0.05) is 48.5 Å². The summed E-state index contributed by atoms with van der Waals surface area (Å²) in [6, 6.07) is 13.7. The van der Waals surface area contributed by atoms with E-state index in [0.717, 1.165) is 16.3 Å². The Kier molecular flexibility index (Phi) is 5.04. The molecule has 0 aliphatic carbocycles. The fraction of sp³-hybridized carbons (Fsp3) is 0.111. The topological polar surface area (TPSA) is 34.9 Å². The molecule has 106 valence electrons. The second-order valence-corrected chi connectivity index (χ2v) is 4.59. The van der Waals surface area contributed by atoms with E-state index in [0.29, 0.717) is 6.54 Å². The Morgan fingerprint density at radius 3 is 2.67 bits per heavy atom. The van der Waals surface area contributed by atoms with Crippen molar-refractivity contribution in [2.45, 2.75) is 13.5 Å². The number of allylic oxidation sites excluding steroid dienone is 1. The summed E-state index contributed by atoms with van der Waals surface area (Å²) in [7, 11) is 0. The molecule has 21 heavy (non-hydrogen) atoms. The molecule has 0 saturated heterocycles. The summed E-state index contributed by atoms with van der Waals surface area (Å²) in [5, 5.41) is 2.10. The molecule has 0 fully saturated rings. The van der Waals surface area contributed by atoms with Gasteiger partial charge in [0.1, 0.15) is 0 Å². The molecule has 0 N–H and O–H groups in total. The van der Waals surface area contributed by atoms with Crippen molar-refractivity contribution in [3.05, 3.63) is 79.4 Å². The minimum atomic E-state index is 0.102. The predicted octanol–water partition coefficient (Wildman–Crippen LogP) is 4.11. The molecule has 0 amide bonds. The maximum Gasteiger partial charge on any atom is 0.183 e. The van der Waals surface area contributed by atoms with Crippen molar-refractivity contribution in [2.24, 2.45) is 0 Å². The lowest BCUT2D eigenvalue weighted by Crippen LogP contribution is -2.09. The number of hydrogen-bond donors (Lipinski definition) is 0. The zero-order valence-electron chi connectivity index (χ0n) is 12.1. The number of imidazole rings is 1. The standard InChI is InChI=1S/C15H12N2O.C3H6/c18-15(10-17-9-8-16-11-17)14-7-3-5-12-4-1-2-6-13(12)14;1-3-2/h1-9,11H,10H2;3H,1H2,2H3. The van der Waals surface area contributed by atoms with Gasteiger partial charge in [-0.25, -0.2) is 4.98 Å². The van der Waals surface area contributed by atoms with Crippen LogP contribution < -0.4 is 0 Å². The summed E-state index contributed by atoms with van der Waals surface area (Å²) in [6.45, 7) is 5.58. The Labute approximate surface area is 124 Å². The lowest BCUT2D eigenvalue weighted by Gasteiger charge is -2.06. The second kappa shape index (κ2) is 7.20. The molecule has 0 saturated carbocycles. The van der Waals surface area contributed by atoms with E-state index in [-0.39, 0.29) is 5.78 Å². The van der Waals surface area contributed by atoms with Crippen LogP contribution >= 0.6 is 0 Å². The Morgan fingerprint density at radius 1 is 1.24 bits per heavy atom. The van der Waals surface area contributed by atoms with Gasteiger partial charge in [-0.15, -0.1) is 6.58 Å². The number of carbonyl (C=O) groups excluding carboxylic acids is 1. The van der Waals surface area contributed by atoms with E-state index < -0.39 is 0 Å². The van der Waals surface area contributed by atoms with Gasteiger partial charge in [0, 0.05) is 18.0 Å². The highest BCUT2D eigenvalue weighted by atomic mass is 16.1. The van der Waals surface area contributed by atoms with Gasteiger partial charge in [0.05, 0.1) is 12.9 Å². The second-order valence-electron chi connectivity index (χ2n) is 4.59. The SMILES string of the molecule is C=CC.O=C(Cn1ccnc1)c1cccc2ccccc12. The van der Waals surface area contributed by atoms with Gasteiger partial charge in [-0.05, 0) is 17.7 Å². The molecule has 3 rings (SSSR count). The van der Waals surface area contributed by atoms with E-state index in [4.69, 9.17) is 0 Å². The molecule has 0 aliphatic rings. The average molecular weight is 278 g/mol. The highest BCUT2D eigenvalue weighted by molar-refractivity contribution is 6.07. The highest BCUT2D eigenvalue weighted by Gasteiger charge is 2.09. The van der Waals surface area contributed by atoms with E-state index in [2.05, 4.69) is 11.6 Å². The van der Waals surface area contributed by atoms with Gasteiger partial charge in [-0.2, -0.15) is 0 Å². The number of Topliss-reactive ketones (excluding diaryl/α,β-unsaturated/α-hetero) is 1. The molecule has 3 nitrogen and oxygen atoms in total. The van der Waals surface area contributed by atoms with E-state index >= 15 is 0 Å². The van der Waals surface area contributed by atoms with Crippen LogP contribution in [0.2, 0.25) is 0 Å². The van der Waals surface area contributed by atoms with Crippen molar-refractivity contribution in [1.29, 1.82) is 0 Å². The summed E-state index contributed by atoms with van der Waals surface area (Å²) in [5.74, 6) is 0.102. The van der Waals surface area contributed by atoms with Crippen LogP contribution in [-0.4, -0.2) is 15.3 Å². The first-order chi connectivity index (χ1) is 10.3. The number of carbonyl (C=O) groups is 1. The van der Waals surface area contributed by atoms with Crippen molar-refractivity contribution in [1.82, 2.24) is 9.55 Å². The monoisotopic (exact) mass is 278 g/mol. The van der Waals surface area contributed by atoms with Crippen LogP contribution in [-0.2, 0) is 6.54 Å². The van der Waals surface area contributed by atoms with Crippen LogP contribution in [0.3, 0.4) is 0 Å². The van der Waals surface area contributed by atoms with Gasteiger partial charge in [0.15, 0.2) is 5.78 Å². The van der Waals surface area contributed by atoms with Gasteiger partial charge in [-0.3, -0.25) is 4.79 Å². The zero-order valence-corrected chi connectivity index (χ0v) is 12.1. The van der Waals surface area contributed by atoms with Crippen LogP contribution in [0.4, 0.5) is 0 Å². The molecular weight excluding hydrogens is 260 g/mol. The first-order valence-electron chi connectivity index (χ1n) is 6.80. The van der Waals surface area contributed by atoms with E-state index in [9.17, 15) is 4.79 Å². The first-order valence-corrected chi connectivity index (χ1v) is 6.80. The summed E-state index contributed by atoms with van der Waals surface area (Å²) < 4.78 is 1.78. The van der Waals surface area contributed by atoms with E-state index in [1.54, 1.807) is 29.4 Å². The fourth-order valence-electron chi connectivity index (χ4n) is 2.10. The molecule has 0 atom stereocenters. The van der Waals surface area contributed by atoms with Crippen molar-refractivity contribution in [2.75, 3.05) is 0 Å².